The summed E-state index contributed by atoms with van der Waals surface area (Å²) in [6, 6.07) is 7.07. The Bertz CT molecular complexity index is 958. The van der Waals surface area contributed by atoms with Gasteiger partial charge in [-0.05, 0) is 49.7 Å². The van der Waals surface area contributed by atoms with E-state index >= 15 is 0 Å². The molecule has 0 spiro atoms. The minimum absolute atomic E-state index is 0.0507. The van der Waals surface area contributed by atoms with E-state index < -0.39 is 6.04 Å². The molecule has 184 valence electrons. The molecule has 1 N–H and O–H groups in total. The highest BCUT2D eigenvalue weighted by Gasteiger charge is 2.38. The van der Waals surface area contributed by atoms with Gasteiger partial charge < -0.3 is 19.9 Å². The summed E-state index contributed by atoms with van der Waals surface area (Å²) in [4.78, 5) is 52.4. The Balaban J connectivity index is 1.69. The maximum atomic E-state index is 13.3. The first-order valence-corrected chi connectivity index (χ1v) is 11.9. The summed E-state index contributed by atoms with van der Waals surface area (Å²) in [7, 11) is 1.66. The molecule has 0 bridgehead atoms. The van der Waals surface area contributed by atoms with E-state index in [1.807, 2.05) is 32.0 Å². The number of amides is 3. The fraction of sp³-hybridized carbons (Fsp3) is 0.538. The van der Waals surface area contributed by atoms with Crippen LogP contribution >= 0.6 is 0 Å². The van der Waals surface area contributed by atoms with Crippen LogP contribution in [0, 0.1) is 5.92 Å². The van der Waals surface area contributed by atoms with Crippen molar-refractivity contribution in [2.75, 3.05) is 20.1 Å². The highest BCUT2D eigenvalue weighted by Crippen LogP contribution is 2.35. The van der Waals surface area contributed by atoms with E-state index in [2.05, 4.69) is 11.4 Å². The second kappa shape index (κ2) is 11.3. The second-order valence-corrected chi connectivity index (χ2v) is 9.41. The molecule has 3 atom stereocenters. The molecular formula is C26H35N3O5. The first kappa shape index (κ1) is 25.5. The average molecular weight is 470 g/mol. The van der Waals surface area contributed by atoms with Gasteiger partial charge in [0.15, 0.2) is 0 Å². The maximum absolute atomic E-state index is 13.3. The molecule has 0 saturated carbocycles. The first-order chi connectivity index (χ1) is 16.2. The topological polar surface area (TPSA) is 96.0 Å². The quantitative estimate of drug-likeness (QED) is 0.340. The predicted octanol–water partition coefficient (Wildman–Crippen LogP) is 2.38. The Morgan fingerprint density at radius 1 is 1.24 bits per heavy atom. The number of rotatable bonds is 9. The fourth-order valence-electron chi connectivity index (χ4n) is 4.84. The summed E-state index contributed by atoms with van der Waals surface area (Å²) < 4.78 is 5.87. The van der Waals surface area contributed by atoms with Gasteiger partial charge in [0, 0.05) is 19.2 Å². The third-order valence-corrected chi connectivity index (χ3v) is 6.74. The predicted molar refractivity (Wildman–Crippen MR) is 128 cm³/mol. The molecule has 1 unspecified atom stereocenters. The van der Waals surface area contributed by atoms with Crippen LogP contribution in [0.2, 0.25) is 0 Å². The van der Waals surface area contributed by atoms with Crippen LogP contribution in [-0.4, -0.2) is 66.2 Å². The average Bonchev–Trinajstić information content (AvgIpc) is 3.47. The van der Waals surface area contributed by atoms with E-state index in [4.69, 9.17) is 4.74 Å². The van der Waals surface area contributed by atoms with Gasteiger partial charge in [-0.1, -0.05) is 44.2 Å². The number of ether oxygens (including phenoxy) is 1. The SMILES string of the molecule is C/C(=C\[C@H](C(C)C)N(C)C(=O)CNC=O)C(=O)N1CCC[C@H]1C(=O)OC1CCc2ccccc21. The third-order valence-electron chi connectivity index (χ3n) is 6.74. The number of hydrogen-bond acceptors (Lipinski definition) is 5. The molecule has 0 radical (unpaired) electrons. The van der Waals surface area contributed by atoms with Gasteiger partial charge in [-0.25, -0.2) is 4.79 Å². The number of carbonyl (C=O) groups is 4. The molecule has 1 saturated heterocycles. The normalized spacial score (nSPS) is 20.6. The number of likely N-dealkylation sites (N-methyl/N-ethyl adjacent to an activating group) is 1. The molecular weight excluding hydrogens is 434 g/mol. The van der Waals surface area contributed by atoms with Crippen molar-refractivity contribution in [1.29, 1.82) is 0 Å². The van der Waals surface area contributed by atoms with Crippen LogP contribution in [0.1, 0.15) is 57.3 Å². The fourth-order valence-corrected chi connectivity index (χ4v) is 4.84. The van der Waals surface area contributed by atoms with Gasteiger partial charge in [0.1, 0.15) is 12.1 Å². The number of nitrogens with zero attached hydrogens (tertiary/aromatic N) is 2. The Labute approximate surface area is 201 Å². The van der Waals surface area contributed by atoms with Crippen molar-refractivity contribution >= 4 is 24.2 Å². The monoisotopic (exact) mass is 469 g/mol. The number of likely N-dealkylation sites (tertiary alicyclic amines) is 1. The Kier molecular flexibility index (Phi) is 8.47. The Morgan fingerprint density at radius 2 is 1.97 bits per heavy atom. The molecule has 1 aromatic carbocycles. The van der Waals surface area contributed by atoms with Crippen molar-refractivity contribution in [3.8, 4) is 0 Å². The molecule has 8 nitrogen and oxygen atoms in total. The van der Waals surface area contributed by atoms with Gasteiger partial charge in [0.05, 0.1) is 12.6 Å². The zero-order chi connectivity index (χ0) is 24.8. The van der Waals surface area contributed by atoms with Crippen LogP contribution < -0.4 is 5.32 Å². The summed E-state index contributed by atoms with van der Waals surface area (Å²) in [6.07, 6.45) is 4.97. The van der Waals surface area contributed by atoms with E-state index in [1.54, 1.807) is 24.9 Å². The van der Waals surface area contributed by atoms with Crippen molar-refractivity contribution in [2.24, 2.45) is 5.92 Å². The number of aryl methyl sites for hydroxylation is 1. The van der Waals surface area contributed by atoms with Crippen molar-refractivity contribution in [1.82, 2.24) is 15.1 Å². The Morgan fingerprint density at radius 3 is 2.68 bits per heavy atom. The van der Waals surface area contributed by atoms with Gasteiger partial charge in [-0.15, -0.1) is 0 Å². The van der Waals surface area contributed by atoms with E-state index in [0.29, 0.717) is 24.9 Å². The van der Waals surface area contributed by atoms with Crippen LogP contribution in [-0.2, 0) is 30.3 Å². The lowest BCUT2D eigenvalue weighted by atomic mass is 9.99. The molecule has 2 aliphatic rings. The summed E-state index contributed by atoms with van der Waals surface area (Å²) in [6.45, 7) is 6.04. The van der Waals surface area contributed by atoms with Crippen LogP contribution in [0.15, 0.2) is 35.9 Å². The lowest BCUT2D eigenvalue weighted by molar-refractivity contribution is -0.157. The molecule has 1 fully saturated rings. The van der Waals surface area contributed by atoms with E-state index in [-0.39, 0.29) is 42.4 Å². The Hall–Kier alpha value is -3.16. The van der Waals surface area contributed by atoms with Crippen LogP contribution in [0.4, 0.5) is 0 Å². The minimum Gasteiger partial charge on any atom is -0.456 e. The lowest BCUT2D eigenvalue weighted by Gasteiger charge is -2.30. The lowest BCUT2D eigenvalue weighted by Crippen LogP contribution is -2.45. The summed E-state index contributed by atoms with van der Waals surface area (Å²) in [5.74, 6) is -0.770. The van der Waals surface area contributed by atoms with Gasteiger partial charge in [0.25, 0.3) is 0 Å². The number of hydrogen-bond donors (Lipinski definition) is 1. The minimum atomic E-state index is -0.600. The van der Waals surface area contributed by atoms with E-state index in [0.717, 1.165) is 24.8 Å². The molecule has 3 rings (SSSR count). The van der Waals surface area contributed by atoms with Gasteiger partial charge in [0.2, 0.25) is 18.2 Å². The van der Waals surface area contributed by atoms with Crippen molar-refractivity contribution in [3.63, 3.8) is 0 Å². The third kappa shape index (κ3) is 5.66. The number of esters is 1. The van der Waals surface area contributed by atoms with Crippen molar-refractivity contribution < 1.29 is 23.9 Å². The maximum Gasteiger partial charge on any atom is 0.329 e. The number of benzene rings is 1. The highest BCUT2D eigenvalue weighted by molar-refractivity contribution is 5.96. The summed E-state index contributed by atoms with van der Waals surface area (Å²) in [5.41, 5.74) is 2.74. The standard InChI is InChI=1S/C26H35N3O5/c1-17(2)22(28(4)24(31)15-27-16-30)14-18(3)25(32)29-13-7-10-21(29)26(33)34-23-12-11-19-8-5-6-9-20(19)23/h5-6,8-9,14,16-17,21-23H,7,10-13,15H2,1-4H3,(H,27,30)/b18-14+/t21-,22+,23?/m0/s1. The largest absolute Gasteiger partial charge is 0.456 e. The zero-order valence-corrected chi connectivity index (χ0v) is 20.5. The molecule has 34 heavy (non-hydrogen) atoms. The summed E-state index contributed by atoms with van der Waals surface area (Å²) in [5, 5.41) is 2.38. The second-order valence-electron chi connectivity index (χ2n) is 9.41. The molecule has 1 aromatic rings. The van der Waals surface area contributed by atoms with E-state index in [9.17, 15) is 19.2 Å². The molecule has 1 aliphatic heterocycles. The van der Waals surface area contributed by atoms with E-state index in [1.165, 1.54) is 10.5 Å². The molecule has 0 aromatic heterocycles. The van der Waals surface area contributed by atoms with Gasteiger partial charge in [-0.3, -0.25) is 14.4 Å². The molecule has 1 aliphatic carbocycles. The van der Waals surface area contributed by atoms with Crippen molar-refractivity contribution in [3.05, 3.63) is 47.0 Å². The first-order valence-electron chi connectivity index (χ1n) is 11.9. The van der Waals surface area contributed by atoms with Crippen LogP contribution in [0.3, 0.4) is 0 Å². The zero-order valence-electron chi connectivity index (χ0n) is 20.5. The van der Waals surface area contributed by atoms with Gasteiger partial charge >= 0.3 is 5.97 Å². The number of nitrogens with one attached hydrogen (secondary N) is 1. The highest BCUT2D eigenvalue weighted by atomic mass is 16.5. The molecule has 3 amide bonds. The van der Waals surface area contributed by atoms with Gasteiger partial charge in [-0.2, -0.15) is 0 Å². The number of fused-ring (bicyclic) bond motifs is 1. The molecule has 1 heterocycles. The number of carbonyl (C=O) groups excluding carboxylic acids is 4. The smallest absolute Gasteiger partial charge is 0.329 e. The summed E-state index contributed by atoms with van der Waals surface area (Å²) >= 11 is 0. The molecule has 8 heteroatoms. The van der Waals surface area contributed by atoms with Crippen LogP contribution in [0.5, 0.6) is 0 Å². The van der Waals surface area contributed by atoms with Crippen LogP contribution in [0.25, 0.3) is 0 Å². The van der Waals surface area contributed by atoms with Crippen molar-refractivity contribution in [2.45, 2.75) is 64.6 Å².